The summed E-state index contributed by atoms with van der Waals surface area (Å²) in [6, 6.07) is 5.18. The van der Waals surface area contributed by atoms with Gasteiger partial charge in [0.25, 0.3) is 0 Å². The van der Waals surface area contributed by atoms with Crippen molar-refractivity contribution < 1.29 is 17.9 Å². The molecule has 0 radical (unpaired) electrons. The van der Waals surface area contributed by atoms with E-state index >= 15 is 0 Å². The number of halogens is 4. The van der Waals surface area contributed by atoms with Gasteiger partial charge in [0.05, 0.1) is 17.2 Å². The Balaban J connectivity index is 0.00000392. The van der Waals surface area contributed by atoms with E-state index in [-0.39, 0.29) is 36.3 Å². The van der Waals surface area contributed by atoms with E-state index < -0.39 is 12.8 Å². The van der Waals surface area contributed by atoms with Crippen molar-refractivity contribution in [3.63, 3.8) is 0 Å². The molecule has 2 aromatic rings. The van der Waals surface area contributed by atoms with Crippen LogP contribution >= 0.6 is 35.3 Å². The van der Waals surface area contributed by atoms with E-state index in [1.165, 1.54) is 0 Å². The predicted octanol–water partition coefficient (Wildman–Crippen LogP) is 4.49. The van der Waals surface area contributed by atoms with Crippen molar-refractivity contribution in [3.8, 4) is 5.75 Å². The topological polar surface area (TPSA) is 58.5 Å². The molecule has 0 fully saturated rings. The number of benzene rings is 1. The van der Waals surface area contributed by atoms with E-state index in [0.29, 0.717) is 18.1 Å². The fourth-order valence-electron chi connectivity index (χ4n) is 2.40. The Morgan fingerprint density at radius 1 is 1.18 bits per heavy atom. The molecule has 156 valence electrons. The maximum atomic E-state index is 12.5. The lowest BCUT2D eigenvalue weighted by Crippen LogP contribution is -2.36. The highest BCUT2D eigenvalue weighted by atomic mass is 127. The maximum absolute atomic E-state index is 12.5. The first-order valence-electron chi connectivity index (χ1n) is 8.34. The van der Waals surface area contributed by atoms with Crippen LogP contribution < -0.4 is 15.4 Å². The number of alkyl halides is 3. The van der Waals surface area contributed by atoms with Crippen molar-refractivity contribution >= 4 is 41.3 Å². The number of nitrogens with one attached hydrogen (secondary N) is 2. The highest BCUT2D eigenvalue weighted by molar-refractivity contribution is 14.0. The molecule has 0 unspecified atom stereocenters. The van der Waals surface area contributed by atoms with Crippen LogP contribution in [0.5, 0.6) is 5.75 Å². The zero-order valence-electron chi connectivity index (χ0n) is 16.1. The molecule has 0 amide bonds. The lowest BCUT2D eigenvalue weighted by molar-refractivity contribution is -0.153. The molecule has 2 rings (SSSR count). The Kier molecular flexibility index (Phi) is 9.48. The molecule has 0 spiro atoms. The molecule has 28 heavy (non-hydrogen) atoms. The van der Waals surface area contributed by atoms with Crippen molar-refractivity contribution in [3.05, 3.63) is 44.9 Å². The molecule has 0 aliphatic carbocycles. The van der Waals surface area contributed by atoms with E-state index in [1.54, 1.807) is 37.4 Å². The Hall–Kier alpha value is -1.56. The number of thiazole rings is 1. The van der Waals surface area contributed by atoms with Gasteiger partial charge in [-0.25, -0.2) is 4.98 Å². The van der Waals surface area contributed by atoms with Crippen LogP contribution in [0.3, 0.4) is 0 Å². The van der Waals surface area contributed by atoms with Gasteiger partial charge in [0.2, 0.25) is 0 Å². The first kappa shape index (κ1) is 24.5. The van der Waals surface area contributed by atoms with Crippen LogP contribution in [-0.2, 0) is 13.1 Å². The van der Waals surface area contributed by atoms with E-state index in [4.69, 9.17) is 4.74 Å². The van der Waals surface area contributed by atoms with Crippen molar-refractivity contribution in [2.75, 3.05) is 13.7 Å². The molecule has 0 saturated heterocycles. The SMILES string of the molecule is CN=C(NCc1ccc(C)cc1OCC(F)(F)F)NCc1sc(C)nc1C.I. The minimum Gasteiger partial charge on any atom is -0.484 e. The molecule has 1 aromatic carbocycles. The van der Waals surface area contributed by atoms with E-state index in [9.17, 15) is 13.2 Å². The molecule has 0 atom stereocenters. The van der Waals surface area contributed by atoms with Gasteiger partial charge >= 0.3 is 6.18 Å². The smallest absolute Gasteiger partial charge is 0.422 e. The maximum Gasteiger partial charge on any atom is 0.422 e. The number of aromatic nitrogens is 1. The van der Waals surface area contributed by atoms with E-state index in [0.717, 1.165) is 21.1 Å². The summed E-state index contributed by atoms with van der Waals surface area (Å²) in [6.07, 6.45) is -4.38. The minimum absolute atomic E-state index is 0. The molecule has 2 N–H and O–H groups in total. The highest BCUT2D eigenvalue weighted by Crippen LogP contribution is 2.23. The molecular weight excluding hydrogens is 504 g/mol. The molecule has 1 aromatic heterocycles. The van der Waals surface area contributed by atoms with E-state index in [1.807, 2.05) is 19.9 Å². The first-order chi connectivity index (χ1) is 12.7. The minimum atomic E-state index is -4.38. The quantitative estimate of drug-likeness (QED) is 0.330. The number of nitrogens with zero attached hydrogens (tertiary/aromatic N) is 2. The van der Waals surface area contributed by atoms with Crippen molar-refractivity contribution in [1.29, 1.82) is 0 Å². The normalized spacial score (nSPS) is 11.8. The Labute approximate surface area is 183 Å². The van der Waals surface area contributed by atoms with Crippen LogP contribution in [0.25, 0.3) is 0 Å². The summed E-state index contributed by atoms with van der Waals surface area (Å²) < 4.78 is 42.4. The molecule has 0 aliphatic rings. The summed E-state index contributed by atoms with van der Waals surface area (Å²) in [5, 5.41) is 7.29. The van der Waals surface area contributed by atoms with Crippen molar-refractivity contribution in [1.82, 2.24) is 15.6 Å². The summed E-state index contributed by atoms with van der Waals surface area (Å²) in [4.78, 5) is 9.63. The molecule has 0 bridgehead atoms. The van der Waals surface area contributed by atoms with Gasteiger partial charge in [-0.2, -0.15) is 13.2 Å². The molecule has 1 heterocycles. The van der Waals surface area contributed by atoms with Crippen molar-refractivity contribution in [2.24, 2.45) is 4.99 Å². The van der Waals surface area contributed by atoms with Crippen LogP contribution in [0.2, 0.25) is 0 Å². The van der Waals surface area contributed by atoms with Gasteiger partial charge in [-0.15, -0.1) is 35.3 Å². The Morgan fingerprint density at radius 2 is 1.86 bits per heavy atom. The van der Waals surface area contributed by atoms with Gasteiger partial charge in [0.15, 0.2) is 12.6 Å². The zero-order chi connectivity index (χ0) is 20.0. The van der Waals surface area contributed by atoms with Gasteiger partial charge in [0, 0.05) is 24.0 Å². The third-order valence-corrected chi connectivity index (χ3v) is 4.77. The molecule has 10 heteroatoms. The summed E-state index contributed by atoms with van der Waals surface area (Å²) in [5.41, 5.74) is 2.42. The monoisotopic (exact) mass is 528 g/mol. The first-order valence-corrected chi connectivity index (χ1v) is 9.16. The second kappa shape index (κ2) is 10.8. The van der Waals surface area contributed by atoms with Gasteiger partial charge in [-0.1, -0.05) is 12.1 Å². The number of aryl methyl sites for hydroxylation is 3. The van der Waals surface area contributed by atoms with Crippen LogP contribution in [0.4, 0.5) is 13.2 Å². The molecule has 0 saturated carbocycles. The van der Waals surface area contributed by atoms with Crippen LogP contribution in [0, 0.1) is 20.8 Å². The predicted molar refractivity (Wildman–Crippen MR) is 117 cm³/mol. The second-order valence-electron chi connectivity index (χ2n) is 6.04. The molecular formula is C18H24F3IN4OS. The number of rotatable bonds is 6. The van der Waals surface area contributed by atoms with Gasteiger partial charge in [-0.3, -0.25) is 4.99 Å². The van der Waals surface area contributed by atoms with Crippen LogP contribution in [-0.4, -0.2) is 30.8 Å². The fraction of sp³-hybridized carbons (Fsp3) is 0.444. The third-order valence-electron chi connectivity index (χ3n) is 3.70. The van der Waals surface area contributed by atoms with Crippen LogP contribution in [0.1, 0.15) is 26.7 Å². The average Bonchev–Trinajstić information content (AvgIpc) is 2.91. The zero-order valence-corrected chi connectivity index (χ0v) is 19.3. The second-order valence-corrected chi connectivity index (χ2v) is 7.32. The lowest BCUT2D eigenvalue weighted by atomic mass is 10.1. The highest BCUT2D eigenvalue weighted by Gasteiger charge is 2.28. The number of ether oxygens (including phenoxy) is 1. The number of aliphatic imine (C=N–C) groups is 1. The van der Waals surface area contributed by atoms with E-state index in [2.05, 4.69) is 20.6 Å². The summed E-state index contributed by atoms with van der Waals surface area (Å²) in [7, 11) is 1.64. The standard InChI is InChI=1S/C18H23F3N4OS.HI/c1-11-5-6-14(15(7-11)26-10-18(19,20)21)8-23-17(22-4)24-9-16-12(2)25-13(3)27-16;/h5-7H,8-10H2,1-4H3,(H2,22,23,24);1H. The average molecular weight is 528 g/mol. The lowest BCUT2D eigenvalue weighted by Gasteiger charge is -2.16. The summed E-state index contributed by atoms with van der Waals surface area (Å²) in [6.45, 7) is 5.25. The largest absolute Gasteiger partial charge is 0.484 e. The van der Waals surface area contributed by atoms with Crippen LogP contribution in [0.15, 0.2) is 23.2 Å². The number of hydrogen-bond acceptors (Lipinski definition) is 4. The summed E-state index contributed by atoms with van der Waals surface area (Å²) >= 11 is 1.61. The van der Waals surface area contributed by atoms with Gasteiger partial charge in [-0.05, 0) is 32.4 Å². The van der Waals surface area contributed by atoms with Gasteiger partial charge in [0.1, 0.15) is 5.75 Å². The molecule has 0 aliphatic heterocycles. The summed E-state index contributed by atoms with van der Waals surface area (Å²) in [5.74, 6) is 0.756. The third kappa shape index (κ3) is 7.82. The Bertz CT molecular complexity index is 809. The van der Waals surface area contributed by atoms with Crippen molar-refractivity contribution in [2.45, 2.75) is 40.0 Å². The Morgan fingerprint density at radius 3 is 2.43 bits per heavy atom. The number of guanidine groups is 1. The molecule has 5 nitrogen and oxygen atoms in total. The fourth-order valence-corrected chi connectivity index (χ4v) is 3.28. The van der Waals surface area contributed by atoms with Gasteiger partial charge < -0.3 is 15.4 Å². The number of hydrogen-bond donors (Lipinski definition) is 2.